The van der Waals surface area contributed by atoms with Crippen LogP contribution in [0.2, 0.25) is 5.02 Å². The molecule has 0 spiro atoms. The Hall–Kier alpha value is -1.09. The molecule has 0 saturated carbocycles. The summed E-state index contributed by atoms with van der Waals surface area (Å²) in [5.74, 6) is -0.424. The highest BCUT2D eigenvalue weighted by Gasteiger charge is 1.98. The lowest BCUT2D eigenvalue weighted by Gasteiger charge is -2.03. The van der Waals surface area contributed by atoms with Gasteiger partial charge in [-0.2, -0.15) is 0 Å². The molecule has 0 saturated heterocycles. The van der Waals surface area contributed by atoms with Crippen molar-refractivity contribution in [3.05, 3.63) is 29.0 Å². The molecule has 1 rings (SSSR count). The molecule has 70 valence electrons. The maximum Gasteiger partial charge on any atom is 0.143 e. The van der Waals surface area contributed by atoms with Crippen molar-refractivity contribution in [2.75, 3.05) is 12.0 Å². The molecule has 0 radical (unpaired) electrons. The second-order valence-electron chi connectivity index (χ2n) is 2.40. The second-order valence-corrected chi connectivity index (χ2v) is 2.81. The van der Waals surface area contributed by atoms with Gasteiger partial charge in [0.2, 0.25) is 0 Å². The summed E-state index contributed by atoms with van der Waals surface area (Å²) >= 11 is 5.51. The average Bonchev–Trinajstić information content (AvgIpc) is 2.12. The van der Waals surface area contributed by atoms with E-state index in [9.17, 15) is 4.39 Å². The number of hydrogen-bond acceptors (Lipinski definition) is 2. The highest BCUT2D eigenvalue weighted by Crippen LogP contribution is 2.18. The topological polar surface area (TPSA) is 24.4 Å². The van der Waals surface area contributed by atoms with Crippen molar-refractivity contribution in [3.63, 3.8) is 0 Å². The Morgan fingerprint density at radius 1 is 1.62 bits per heavy atom. The first kappa shape index (κ1) is 9.99. The lowest BCUT2D eigenvalue weighted by molar-refractivity contribution is 0.628. The van der Waals surface area contributed by atoms with Crippen molar-refractivity contribution in [1.82, 2.24) is 0 Å². The van der Waals surface area contributed by atoms with E-state index in [1.165, 1.54) is 12.1 Å². The van der Waals surface area contributed by atoms with Crippen LogP contribution in [0.5, 0.6) is 0 Å². The summed E-state index contributed by atoms with van der Waals surface area (Å²) in [6.07, 6.45) is 1.68. The number of halogens is 2. The third-order valence-electron chi connectivity index (χ3n) is 1.48. The Bertz CT molecular complexity index is 312. The van der Waals surface area contributed by atoms with Gasteiger partial charge >= 0.3 is 0 Å². The molecule has 1 aromatic rings. The van der Waals surface area contributed by atoms with Gasteiger partial charge < -0.3 is 5.32 Å². The van der Waals surface area contributed by atoms with Crippen molar-refractivity contribution in [3.8, 4) is 0 Å². The van der Waals surface area contributed by atoms with Gasteiger partial charge in [-0.05, 0) is 31.3 Å². The van der Waals surface area contributed by atoms with E-state index >= 15 is 0 Å². The van der Waals surface area contributed by atoms with E-state index in [4.69, 9.17) is 11.6 Å². The fraction of sp³-hybridized carbons (Fsp3) is 0.222. The first-order chi connectivity index (χ1) is 6.24. The van der Waals surface area contributed by atoms with Crippen LogP contribution in [0.25, 0.3) is 0 Å². The Balaban J connectivity index is 2.63. The zero-order valence-electron chi connectivity index (χ0n) is 7.22. The number of hydrogen-bond donors (Lipinski definition) is 1. The van der Waals surface area contributed by atoms with Crippen LogP contribution in [0.15, 0.2) is 23.2 Å². The largest absolute Gasteiger partial charge is 0.366 e. The van der Waals surface area contributed by atoms with Crippen LogP contribution >= 0.6 is 11.6 Å². The SMILES string of the molecule is C/C=N\CNc1ccc(Cl)c(F)c1. The van der Waals surface area contributed by atoms with Crippen LogP contribution in [-0.2, 0) is 0 Å². The highest BCUT2D eigenvalue weighted by atomic mass is 35.5. The monoisotopic (exact) mass is 200 g/mol. The zero-order chi connectivity index (χ0) is 9.68. The molecule has 0 amide bonds. The minimum atomic E-state index is -0.424. The minimum absolute atomic E-state index is 0.129. The van der Waals surface area contributed by atoms with Crippen molar-refractivity contribution in [1.29, 1.82) is 0 Å². The molecular formula is C9H10ClFN2. The Labute approximate surface area is 81.4 Å². The summed E-state index contributed by atoms with van der Waals surface area (Å²) in [6, 6.07) is 4.55. The number of nitrogens with one attached hydrogen (secondary N) is 1. The quantitative estimate of drug-likeness (QED) is 0.746. The first-order valence-electron chi connectivity index (χ1n) is 3.87. The second kappa shape index (κ2) is 4.82. The van der Waals surface area contributed by atoms with Crippen LogP contribution in [0.4, 0.5) is 10.1 Å². The first-order valence-corrected chi connectivity index (χ1v) is 4.25. The molecule has 0 fully saturated rings. The minimum Gasteiger partial charge on any atom is -0.366 e. The van der Waals surface area contributed by atoms with Gasteiger partial charge in [-0.25, -0.2) is 4.39 Å². The summed E-state index contributed by atoms with van der Waals surface area (Å²) in [4.78, 5) is 3.93. The smallest absolute Gasteiger partial charge is 0.143 e. The van der Waals surface area contributed by atoms with Crippen LogP contribution in [0.3, 0.4) is 0 Å². The van der Waals surface area contributed by atoms with Crippen molar-refractivity contribution in [2.24, 2.45) is 4.99 Å². The highest BCUT2D eigenvalue weighted by molar-refractivity contribution is 6.30. The lowest BCUT2D eigenvalue weighted by Crippen LogP contribution is -1.98. The van der Waals surface area contributed by atoms with Crippen LogP contribution in [0.1, 0.15) is 6.92 Å². The van der Waals surface area contributed by atoms with Crippen molar-refractivity contribution in [2.45, 2.75) is 6.92 Å². The van der Waals surface area contributed by atoms with Crippen molar-refractivity contribution >= 4 is 23.5 Å². The third-order valence-corrected chi connectivity index (χ3v) is 1.78. The predicted octanol–water partition coefficient (Wildman–Crippen LogP) is 2.94. The molecule has 1 N–H and O–H groups in total. The van der Waals surface area contributed by atoms with E-state index in [0.717, 1.165) is 0 Å². The van der Waals surface area contributed by atoms with Gasteiger partial charge in [0.1, 0.15) is 12.5 Å². The molecule has 0 aliphatic rings. The molecular weight excluding hydrogens is 191 g/mol. The summed E-state index contributed by atoms with van der Waals surface area (Å²) in [5.41, 5.74) is 0.674. The number of nitrogens with zero attached hydrogens (tertiary/aromatic N) is 1. The summed E-state index contributed by atoms with van der Waals surface area (Å²) in [7, 11) is 0. The summed E-state index contributed by atoms with van der Waals surface area (Å²) in [6.45, 7) is 2.27. The molecule has 13 heavy (non-hydrogen) atoms. The van der Waals surface area contributed by atoms with Gasteiger partial charge in [0.05, 0.1) is 5.02 Å². The fourth-order valence-electron chi connectivity index (χ4n) is 0.834. The van der Waals surface area contributed by atoms with E-state index in [2.05, 4.69) is 10.3 Å². The Morgan fingerprint density at radius 2 is 2.38 bits per heavy atom. The number of aliphatic imine (C=N–C) groups is 1. The van der Waals surface area contributed by atoms with E-state index in [0.29, 0.717) is 12.4 Å². The van der Waals surface area contributed by atoms with Gasteiger partial charge in [0.15, 0.2) is 0 Å². The zero-order valence-corrected chi connectivity index (χ0v) is 7.98. The number of anilines is 1. The van der Waals surface area contributed by atoms with E-state index in [1.54, 1.807) is 12.3 Å². The van der Waals surface area contributed by atoms with Gasteiger partial charge in [0, 0.05) is 5.69 Å². The maximum atomic E-state index is 12.9. The molecule has 2 nitrogen and oxygen atoms in total. The molecule has 1 aromatic carbocycles. The Kier molecular flexibility index (Phi) is 3.71. The van der Waals surface area contributed by atoms with Gasteiger partial charge in [-0.3, -0.25) is 4.99 Å². The molecule has 4 heteroatoms. The number of benzene rings is 1. The van der Waals surface area contributed by atoms with Crippen LogP contribution < -0.4 is 5.32 Å². The molecule has 0 aromatic heterocycles. The number of rotatable bonds is 3. The fourth-order valence-corrected chi connectivity index (χ4v) is 0.952. The van der Waals surface area contributed by atoms with Crippen LogP contribution in [-0.4, -0.2) is 12.9 Å². The van der Waals surface area contributed by atoms with E-state index in [1.807, 2.05) is 6.92 Å². The third kappa shape index (κ3) is 3.03. The van der Waals surface area contributed by atoms with Crippen molar-refractivity contribution < 1.29 is 4.39 Å². The van der Waals surface area contributed by atoms with Gasteiger partial charge in [0.25, 0.3) is 0 Å². The molecule has 0 aliphatic carbocycles. The standard InChI is InChI=1S/C9H10ClFN2/c1-2-12-6-13-7-3-4-8(10)9(11)5-7/h2-5,13H,6H2,1H3/b12-2-. The van der Waals surface area contributed by atoms with Gasteiger partial charge in [-0.1, -0.05) is 11.6 Å². The average molecular weight is 201 g/mol. The van der Waals surface area contributed by atoms with Gasteiger partial charge in [-0.15, -0.1) is 0 Å². The van der Waals surface area contributed by atoms with E-state index < -0.39 is 5.82 Å². The normalized spacial score (nSPS) is 10.7. The lowest BCUT2D eigenvalue weighted by atomic mass is 10.3. The maximum absolute atomic E-state index is 12.9. The molecule has 0 unspecified atom stereocenters. The molecule has 0 heterocycles. The molecule has 0 atom stereocenters. The van der Waals surface area contributed by atoms with E-state index in [-0.39, 0.29) is 5.02 Å². The van der Waals surface area contributed by atoms with Crippen LogP contribution in [0, 0.1) is 5.82 Å². The Morgan fingerprint density at radius 3 is 3.00 bits per heavy atom. The summed E-state index contributed by atoms with van der Waals surface area (Å²) in [5, 5.41) is 3.05. The molecule has 0 bridgehead atoms. The molecule has 0 aliphatic heterocycles. The summed E-state index contributed by atoms with van der Waals surface area (Å²) < 4.78 is 12.9. The predicted molar refractivity (Wildman–Crippen MR) is 54.1 cm³/mol.